The van der Waals surface area contributed by atoms with E-state index in [1.165, 1.54) is 0 Å². The van der Waals surface area contributed by atoms with E-state index in [-0.39, 0.29) is 0 Å². The molecule has 0 aromatic rings. The Kier molecular flexibility index (Phi) is 4.00. The van der Waals surface area contributed by atoms with Crippen molar-refractivity contribution in [3.63, 3.8) is 0 Å². The second kappa shape index (κ2) is 4.01. The molecule has 0 aromatic heterocycles. The van der Waals surface area contributed by atoms with Gasteiger partial charge in [0.15, 0.2) is 0 Å². The van der Waals surface area contributed by atoms with Crippen LogP contribution in [0.15, 0.2) is 0 Å². The molecule has 0 aliphatic rings. The lowest BCUT2D eigenvalue weighted by molar-refractivity contribution is 0.0566. The van der Waals surface area contributed by atoms with Crippen LogP contribution in [0.3, 0.4) is 0 Å². The van der Waals surface area contributed by atoms with Crippen molar-refractivity contribution in [2.24, 2.45) is 0 Å². The quantitative estimate of drug-likeness (QED) is 0.371. The number of aliphatic hydroxyl groups excluding tert-OH is 2. The largest absolute Gasteiger partial charge is 0.394 e. The molecule has 0 aliphatic heterocycles. The Morgan fingerprint density at radius 2 is 1.92 bits per heavy atom. The summed E-state index contributed by atoms with van der Waals surface area (Å²) in [6, 6.07) is 0. The molecule has 0 amide bonds. The molecule has 13 heavy (non-hydrogen) atoms. The smallest absolute Gasteiger partial charge is 0.233 e. The molecule has 1 atom stereocenters. The molecular formula is C5H14O6S2. The molecule has 0 rings (SSSR count). The number of thiol groups is 1. The minimum atomic E-state index is -4.15. The van der Waals surface area contributed by atoms with Gasteiger partial charge in [0.05, 0.1) is 6.61 Å². The molecule has 0 saturated heterocycles. The molecule has 0 saturated carbocycles. The Hall–Kier alpha value is -0.0200. The Labute approximate surface area is 77.5 Å². The average molecular weight is 234 g/mol. The van der Waals surface area contributed by atoms with Gasteiger partial charge in [0.2, 0.25) is 9.74 Å². The molecule has 82 valence electrons. The van der Waals surface area contributed by atoms with Gasteiger partial charge in [-0.15, -0.1) is 8.38 Å². The Morgan fingerprint density at radius 1 is 1.46 bits per heavy atom. The third-order valence-corrected chi connectivity index (χ3v) is 5.71. The lowest BCUT2D eigenvalue weighted by Gasteiger charge is -2.33. The molecule has 8 heteroatoms. The maximum atomic E-state index is 11.5. The lowest BCUT2D eigenvalue weighted by atomic mass is 10.4. The molecule has 0 heterocycles. The highest BCUT2D eigenvalue weighted by molar-refractivity contribution is 8.72. The molecule has 0 spiro atoms. The van der Waals surface area contributed by atoms with E-state index in [1.54, 1.807) is 0 Å². The van der Waals surface area contributed by atoms with Crippen LogP contribution in [0, 0.1) is 0 Å². The van der Waals surface area contributed by atoms with Gasteiger partial charge in [-0.25, -0.2) is 8.42 Å². The van der Waals surface area contributed by atoms with Gasteiger partial charge in [0.1, 0.15) is 12.7 Å². The fourth-order valence-corrected chi connectivity index (χ4v) is 1.44. The number of aliphatic hydroxyl groups is 2. The van der Waals surface area contributed by atoms with E-state index in [9.17, 15) is 12.6 Å². The highest BCUT2D eigenvalue weighted by Gasteiger charge is 2.23. The summed E-state index contributed by atoms with van der Waals surface area (Å²) in [6.07, 6.45) is 0.680. The Balaban J connectivity index is 4.44. The van der Waals surface area contributed by atoms with Crippen LogP contribution >= 0.6 is 0 Å². The van der Waals surface area contributed by atoms with Crippen LogP contribution in [-0.4, -0.2) is 54.7 Å². The van der Waals surface area contributed by atoms with Crippen LogP contribution in [0.2, 0.25) is 0 Å². The van der Waals surface area contributed by atoms with E-state index in [0.717, 1.165) is 12.5 Å². The fraction of sp³-hybridized carbons (Fsp3) is 1.00. The van der Waals surface area contributed by atoms with Crippen molar-refractivity contribution >= 4 is 18.1 Å². The third kappa shape index (κ3) is 4.14. The van der Waals surface area contributed by atoms with Crippen LogP contribution in [0.25, 0.3) is 0 Å². The molecule has 6 nitrogen and oxygen atoms in total. The van der Waals surface area contributed by atoms with E-state index in [1.807, 2.05) is 0 Å². The normalized spacial score (nSPS) is 18.1. The van der Waals surface area contributed by atoms with Crippen LogP contribution in [0.1, 0.15) is 0 Å². The molecule has 1 unspecified atom stereocenters. The SMILES string of the molecule is CS(C)(=O)(OCC(O)CO)[SH](=O)=O. The van der Waals surface area contributed by atoms with Crippen molar-refractivity contribution in [2.45, 2.75) is 6.10 Å². The molecule has 2 N–H and O–H groups in total. The van der Waals surface area contributed by atoms with Crippen LogP contribution in [-0.2, 0) is 22.3 Å². The molecule has 0 radical (unpaired) electrons. The van der Waals surface area contributed by atoms with E-state index in [4.69, 9.17) is 10.2 Å². The van der Waals surface area contributed by atoms with Gasteiger partial charge < -0.3 is 10.2 Å². The van der Waals surface area contributed by atoms with Gasteiger partial charge in [-0.1, -0.05) is 0 Å². The van der Waals surface area contributed by atoms with Gasteiger partial charge in [-0.2, -0.15) is 4.21 Å². The van der Waals surface area contributed by atoms with Crippen molar-refractivity contribution < 1.29 is 27.0 Å². The van der Waals surface area contributed by atoms with Crippen molar-refractivity contribution in [1.82, 2.24) is 0 Å². The van der Waals surface area contributed by atoms with Crippen molar-refractivity contribution in [3.8, 4) is 0 Å². The standard InChI is InChI=1S/C5H14O6S2/c1-13(2,10,12(8)9)11-4-5(7)3-6/h5-7,12H,3-4H2,1-2H3. The lowest BCUT2D eigenvalue weighted by Crippen LogP contribution is -2.37. The number of hydrogen-bond donors (Lipinski definition) is 3. The summed E-state index contributed by atoms with van der Waals surface area (Å²) >= 11 is 0. The first kappa shape index (κ1) is 13.0. The van der Waals surface area contributed by atoms with E-state index in [0.29, 0.717) is 0 Å². The van der Waals surface area contributed by atoms with Gasteiger partial charge in [0, 0.05) is 12.5 Å². The van der Waals surface area contributed by atoms with Crippen molar-refractivity contribution in [1.29, 1.82) is 0 Å². The van der Waals surface area contributed by atoms with Crippen molar-refractivity contribution in [2.75, 3.05) is 25.7 Å². The van der Waals surface area contributed by atoms with Crippen LogP contribution in [0.5, 0.6) is 0 Å². The zero-order chi connectivity index (χ0) is 10.7. The van der Waals surface area contributed by atoms with E-state index >= 15 is 0 Å². The zero-order valence-corrected chi connectivity index (χ0v) is 9.09. The Bertz CT molecular complexity index is 292. The molecule has 0 bridgehead atoms. The van der Waals surface area contributed by atoms with Gasteiger partial charge in [-0.05, 0) is 0 Å². The van der Waals surface area contributed by atoms with Gasteiger partial charge in [-0.3, -0.25) is 4.18 Å². The molecule has 0 aliphatic carbocycles. The predicted molar refractivity (Wildman–Crippen MR) is 49.3 cm³/mol. The first-order valence-corrected chi connectivity index (χ1v) is 7.87. The van der Waals surface area contributed by atoms with Gasteiger partial charge in [0.25, 0.3) is 0 Å². The van der Waals surface area contributed by atoms with E-state index in [2.05, 4.69) is 4.18 Å². The van der Waals surface area contributed by atoms with Gasteiger partial charge >= 0.3 is 0 Å². The topological polar surface area (TPSA) is 101 Å². The summed E-state index contributed by atoms with van der Waals surface area (Å²) in [5.74, 6) is 0. The Morgan fingerprint density at radius 3 is 2.23 bits per heavy atom. The van der Waals surface area contributed by atoms with E-state index < -0.39 is 37.4 Å². The second-order valence-electron chi connectivity index (χ2n) is 3.00. The number of hydrogen-bond acceptors (Lipinski definition) is 6. The van der Waals surface area contributed by atoms with Crippen molar-refractivity contribution in [3.05, 3.63) is 0 Å². The van der Waals surface area contributed by atoms with Crippen LogP contribution < -0.4 is 0 Å². The molecule has 0 fully saturated rings. The zero-order valence-electron chi connectivity index (χ0n) is 7.37. The highest BCUT2D eigenvalue weighted by Crippen LogP contribution is 2.19. The summed E-state index contributed by atoms with van der Waals surface area (Å²) in [5.41, 5.74) is 0. The summed E-state index contributed by atoms with van der Waals surface area (Å²) in [6.45, 7) is -1.04. The third-order valence-electron chi connectivity index (χ3n) is 1.23. The molecular weight excluding hydrogens is 220 g/mol. The summed E-state index contributed by atoms with van der Waals surface area (Å²) in [7, 11) is -7.37. The average Bonchev–Trinajstić information content (AvgIpc) is 1.99. The minimum Gasteiger partial charge on any atom is -0.394 e. The number of rotatable bonds is 5. The molecule has 0 aromatic carbocycles. The maximum Gasteiger partial charge on any atom is 0.233 e. The monoisotopic (exact) mass is 234 g/mol. The maximum absolute atomic E-state index is 11.5. The fourth-order valence-electron chi connectivity index (χ4n) is 0.369. The summed E-state index contributed by atoms with van der Waals surface area (Å²) in [5, 5.41) is 17.2. The summed E-state index contributed by atoms with van der Waals surface area (Å²) < 4.78 is 37.2. The minimum absolute atomic E-state index is 0.474. The summed E-state index contributed by atoms with van der Waals surface area (Å²) in [4.78, 5) is 0. The predicted octanol–water partition coefficient (Wildman–Crippen LogP) is -2.12. The second-order valence-corrected chi connectivity index (χ2v) is 11.0. The van der Waals surface area contributed by atoms with Crippen LogP contribution in [0.4, 0.5) is 0 Å². The first-order chi connectivity index (χ1) is 5.67. The highest BCUT2D eigenvalue weighted by atomic mass is 33.2. The first-order valence-electron chi connectivity index (χ1n) is 3.38.